The molecule has 0 aliphatic rings. The van der Waals surface area contributed by atoms with E-state index in [1.165, 1.54) is 21.9 Å². The standard InChI is InChI=1S/C18H15N3/c19-11-12-4-3-5-13(10-12)14-8-9-20-18-17(14)15-6-1-2-7-16(15)21-18/h1-10H,11,19H2,(H,20,21). The highest BCUT2D eigenvalue weighted by Crippen LogP contribution is 2.33. The summed E-state index contributed by atoms with van der Waals surface area (Å²) in [7, 11) is 0. The number of para-hydroxylation sites is 1. The Morgan fingerprint density at radius 2 is 1.90 bits per heavy atom. The summed E-state index contributed by atoms with van der Waals surface area (Å²) in [6.07, 6.45) is 1.85. The van der Waals surface area contributed by atoms with Crippen molar-refractivity contribution in [2.24, 2.45) is 5.73 Å². The number of nitrogens with two attached hydrogens (primary N) is 1. The number of rotatable bonds is 2. The number of aromatic nitrogens is 2. The monoisotopic (exact) mass is 273 g/mol. The van der Waals surface area contributed by atoms with Gasteiger partial charge in [0, 0.05) is 29.0 Å². The van der Waals surface area contributed by atoms with Gasteiger partial charge in [-0.05, 0) is 34.9 Å². The van der Waals surface area contributed by atoms with Gasteiger partial charge in [0.2, 0.25) is 0 Å². The van der Waals surface area contributed by atoms with Crippen molar-refractivity contribution >= 4 is 21.9 Å². The Balaban J connectivity index is 2.08. The molecule has 0 radical (unpaired) electrons. The molecule has 4 aromatic rings. The normalized spacial score (nSPS) is 11.3. The number of fused-ring (bicyclic) bond motifs is 3. The van der Waals surface area contributed by atoms with Gasteiger partial charge in [-0.1, -0.05) is 36.4 Å². The van der Waals surface area contributed by atoms with Gasteiger partial charge in [-0.25, -0.2) is 4.98 Å². The smallest absolute Gasteiger partial charge is 0.138 e. The Morgan fingerprint density at radius 3 is 2.81 bits per heavy atom. The lowest BCUT2D eigenvalue weighted by atomic mass is 10.00. The van der Waals surface area contributed by atoms with Crippen LogP contribution in [0.1, 0.15) is 5.56 Å². The Hall–Kier alpha value is -2.65. The average Bonchev–Trinajstić information content (AvgIpc) is 2.93. The van der Waals surface area contributed by atoms with E-state index in [1.54, 1.807) is 0 Å². The first-order valence-electron chi connectivity index (χ1n) is 7.01. The molecule has 2 aromatic heterocycles. The van der Waals surface area contributed by atoms with Crippen molar-refractivity contribution < 1.29 is 0 Å². The van der Waals surface area contributed by atoms with E-state index in [4.69, 9.17) is 5.73 Å². The second kappa shape index (κ2) is 4.72. The number of pyridine rings is 1. The van der Waals surface area contributed by atoms with E-state index in [1.807, 2.05) is 12.3 Å². The molecule has 0 saturated heterocycles. The van der Waals surface area contributed by atoms with E-state index in [0.717, 1.165) is 16.7 Å². The van der Waals surface area contributed by atoms with Crippen LogP contribution >= 0.6 is 0 Å². The number of benzene rings is 2. The molecule has 4 rings (SSSR count). The first kappa shape index (κ1) is 12.1. The Bertz CT molecular complexity index is 937. The van der Waals surface area contributed by atoms with Gasteiger partial charge in [0.15, 0.2) is 0 Å². The van der Waals surface area contributed by atoms with Crippen molar-refractivity contribution in [2.75, 3.05) is 0 Å². The zero-order valence-corrected chi connectivity index (χ0v) is 11.5. The van der Waals surface area contributed by atoms with E-state index >= 15 is 0 Å². The predicted octanol–water partition coefficient (Wildman–Crippen LogP) is 3.84. The Kier molecular flexibility index (Phi) is 2.72. The van der Waals surface area contributed by atoms with Gasteiger partial charge in [-0.15, -0.1) is 0 Å². The lowest BCUT2D eigenvalue weighted by Crippen LogP contribution is -1.95. The Morgan fingerprint density at radius 1 is 1.00 bits per heavy atom. The quantitative estimate of drug-likeness (QED) is 0.583. The summed E-state index contributed by atoms with van der Waals surface area (Å²) < 4.78 is 0. The summed E-state index contributed by atoms with van der Waals surface area (Å²) in [5.74, 6) is 0. The minimum Gasteiger partial charge on any atom is -0.339 e. The van der Waals surface area contributed by atoms with Gasteiger partial charge in [-0.2, -0.15) is 0 Å². The molecule has 0 bridgehead atoms. The first-order chi connectivity index (χ1) is 10.4. The predicted molar refractivity (Wildman–Crippen MR) is 86.9 cm³/mol. The molecule has 21 heavy (non-hydrogen) atoms. The van der Waals surface area contributed by atoms with Crippen LogP contribution in [0.4, 0.5) is 0 Å². The lowest BCUT2D eigenvalue weighted by molar-refractivity contribution is 1.07. The van der Waals surface area contributed by atoms with Crippen molar-refractivity contribution in [3.05, 3.63) is 66.4 Å². The zero-order chi connectivity index (χ0) is 14.2. The molecular weight excluding hydrogens is 258 g/mol. The maximum absolute atomic E-state index is 5.76. The van der Waals surface area contributed by atoms with Gasteiger partial charge in [0.1, 0.15) is 5.65 Å². The second-order valence-electron chi connectivity index (χ2n) is 5.16. The molecule has 0 amide bonds. The molecule has 2 heterocycles. The van der Waals surface area contributed by atoms with Crippen molar-refractivity contribution in [1.82, 2.24) is 9.97 Å². The van der Waals surface area contributed by atoms with Gasteiger partial charge in [-0.3, -0.25) is 0 Å². The summed E-state index contributed by atoms with van der Waals surface area (Å²) in [5.41, 5.74) is 11.3. The van der Waals surface area contributed by atoms with Gasteiger partial charge in [0.25, 0.3) is 0 Å². The SMILES string of the molecule is NCc1cccc(-c2ccnc3[nH]c4ccccc4c23)c1. The second-order valence-corrected chi connectivity index (χ2v) is 5.16. The van der Waals surface area contributed by atoms with Crippen LogP contribution in [-0.4, -0.2) is 9.97 Å². The van der Waals surface area contributed by atoms with Crippen LogP contribution in [0.15, 0.2) is 60.8 Å². The van der Waals surface area contributed by atoms with E-state index in [-0.39, 0.29) is 0 Å². The molecule has 0 spiro atoms. The van der Waals surface area contributed by atoms with Crippen LogP contribution in [0, 0.1) is 0 Å². The van der Waals surface area contributed by atoms with E-state index in [2.05, 4.69) is 58.5 Å². The first-order valence-corrected chi connectivity index (χ1v) is 7.01. The third kappa shape index (κ3) is 1.90. The number of nitrogens with one attached hydrogen (secondary N) is 1. The maximum Gasteiger partial charge on any atom is 0.138 e. The topological polar surface area (TPSA) is 54.7 Å². The number of nitrogens with zero attached hydrogens (tertiary/aromatic N) is 1. The molecule has 0 atom stereocenters. The third-order valence-corrected chi connectivity index (χ3v) is 3.87. The minimum atomic E-state index is 0.552. The summed E-state index contributed by atoms with van der Waals surface area (Å²) >= 11 is 0. The highest BCUT2D eigenvalue weighted by molar-refractivity contribution is 6.12. The summed E-state index contributed by atoms with van der Waals surface area (Å²) in [6.45, 7) is 0.552. The van der Waals surface area contributed by atoms with Crippen LogP contribution in [0.3, 0.4) is 0 Å². The van der Waals surface area contributed by atoms with Crippen LogP contribution in [-0.2, 0) is 6.54 Å². The van der Waals surface area contributed by atoms with Gasteiger partial charge >= 0.3 is 0 Å². The molecule has 0 unspecified atom stereocenters. The highest BCUT2D eigenvalue weighted by Gasteiger charge is 2.10. The van der Waals surface area contributed by atoms with E-state index < -0.39 is 0 Å². The van der Waals surface area contributed by atoms with Crippen molar-refractivity contribution in [3.8, 4) is 11.1 Å². The number of hydrogen-bond donors (Lipinski definition) is 2. The van der Waals surface area contributed by atoms with Crippen LogP contribution in [0.25, 0.3) is 33.1 Å². The average molecular weight is 273 g/mol. The van der Waals surface area contributed by atoms with Crippen LogP contribution in [0.2, 0.25) is 0 Å². The molecule has 102 valence electrons. The molecule has 3 N–H and O–H groups in total. The van der Waals surface area contributed by atoms with E-state index in [0.29, 0.717) is 6.54 Å². The summed E-state index contributed by atoms with van der Waals surface area (Å²) in [6, 6.07) is 18.7. The molecule has 0 aliphatic heterocycles. The maximum atomic E-state index is 5.76. The molecular formula is C18H15N3. The Labute approximate surface area is 122 Å². The highest BCUT2D eigenvalue weighted by atomic mass is 14.8. The van der Waals surface area contributed by atoms with Crippen LogP contribution in [0.5, 0.6) is 0 Å². The molecule has 0 saturated carbocycles. The number of aromatic amines is 1. The summed E-state index contributed by atoms with van der Waals surface area (Å²) in [5, 5.41) is 2.37. The molecule has 0 fully saturated rings. The lowest BCUT2D eigenvalue weighted by Gasteiger charge is -2.06. The van der Waals surface area contributed by atoms with Crippen LogP contribution < -0.4 is 5.73 Å². The third-order valence-electron chi connectivity index (χ3n) is 3.87. The fourth-order valence-corrected chi connectivity index (χ4v) is 2.87. The fraction of sp³-hybridized carbons (Fsp3) is 0.0556. The minimum absolute atomic E-state index is 0.552. The molecule has 3 heteroatoms. The van der Waals surface area contributed by atoms with Crippen molar-refractivity contribution in [2.45, 2.75) is 6.54 Å². The van der Waals surface area contributed by atoms with Crippen molar-refractivity contribution in [1.29, 1.82) is 0 Å². The van der Waals surface area contributed by atoms with Gasteiger partial charge in [0.05, 0.1) is 0 Å². The largest absolute Gasteiger partial charge is 0.339 e. The van der Waals surface area contributed by atoms with Crippen molar-refractivity contribution in [3.63, 3.8) is 0 Å². The molecule has 0 aliphatic carbocycles. The number of hydrogen-bond acceptors (Lipinski definition) is 2. The van der Waals surface area contributed by atoms with Gasteiger partial charge < -0.3 is 10.7 Å². The fourth-order valence-electron chi connectivity index (χ4n) is 2.87. The summed E-state index contributed by atoms with van der Waals surface area (Å²) in [4.78, 5) is 7.85. The number of H-pyrrole nitrogens is 1. The van der Waals surface area contributed by atoms with E-state index in [9.17, 15) is 0 Å². The zero-order valence-electron chi connectivity index (χ0n) is 11.5. The molecule has 3 nitrogen and oxygen atoms in total. The molecule has 2 aromatic carbocycles.